The molecule has 2 atom stereocenters. The quantitative estimate of drug-likeness (QED) is 0.345. The van der Waals surface area contributed by atoms with E-state index in [1.54, 1.807) is 0 Å². The second-order valence-corrected chi connectivity index (χ2v) is 9.67. The number of benzene rings is 2. The van der Waals surface area contributed by atoms with Crippen LogP contribution in [0.4, 0.5) is 11.6 Å². The minimum atomic E-state index is -0.116. The molecule has 2 aromatic carbocycles. The van der Waals surface area contributed by atoms with Crippen molar-refractivity contribution in [3.8, 4) is 0 Å². The molecular formula is C30H30N6O2. The summed E-state index contributed by atoms with van der Waals surface area (Å²) in [7, 11) is 0. The lowest BCUT2D eigenvalue weighted by molar-refractivity contribution is -0.116. The van der Waals surface area contributed by atoms with Crippen molar-refractivity contribution >= 4 is 23.5 Å². The van der Waals surface area contributed by atoms with Gasteiger partial charge in [-0.25, -0.2) is 0 Å². The number of nitrogens with one attached hydrogen (secondary N) is 2. The largest absolute Gasteiger partial charge is 0.309 e. The summed E-state index contributed by atoms with van der Waals surface area (Å²) in [6, 6.07) is 26.8. The molecule has 0 radical (unpaired) electrons. The fraction of sp³-hybridized carbons (Fsp3) is 0.267. The number of hydrogen-bond donors (Lipinski definition) is 2. The number of aromatic nitrogens is 4. The first-order valence-corrected chi connectivity index (χ1v) is 13.0. The summed E-state index contributed by atoms with van der Waals surface area (Å²) in [5.41, 5.74) is 3.75. The molecule has 2 amide bonds. The summed E-state index contributed by atoms with van der Waals surface area (Å²) in [6.45, 7) is 0. The summed E-state index contributed by atoms with van der Waals surface area (Å²) in [6.07, 6.45) is 4.63. The van der Waals surface area contributed by atoms with Crippen molar-refractivity contribution in [3.63, 3.8) is 0 Å². The fourth-order valence-corrected chi connectivity index (χ4v) is 4.92. The first-order chi connectivity index (χ1) is 18.6. The second kappa shape index (κ2) is 12.2. The van der Waals surface area contributed by atoms with Crippen LogP contribution in [0.25, 0.3) is 0 Å². The average molecular weight is 507 g/mol. The lowest BCUT2D eigenvalue weighted by atomic mass is 9.78. The van der Waals surface area contributed by atoms with Crippen LogP contribution in [-0.4, -0.2) is 32.2 Å². The van der Waals surface area contributed by atoms with Crippen LogP contribution in [0.3, 0.4) is 0 Å². The molecule has 1 fully saturated rings. The minimum Gasteiger partial charge on any atom is -0.309 e. The molecule has 1 aliphatic rings. The summed E-state index contributed by atoms with van der Waals surface area (Å²) in [4.78, 5) is 24.6. The first kappa shape index (κ1) is 25.2. The molecule has 1 aliphatic carbocycles. The first-order valence-electron chi connectivity index (χ1n) is 13.0. The Morgan fingerprint density at radius 1 is 0.605 bits per heavy atom. The Kier molecular flexibility index (Phi) is 8.08. The Morgan fingerprint density at radius 2 is 1.05 bits per heavy atom. The van der Waals surface area contributed by atoms with Crippen molar-refractivity contribution in [2.24, 2.45) is 0 Å². The third-order valence-corrected chi connectivity index (χ3v) is 6.83. The highest BCUT2D eigenvalue weighted by Gasteiger charge is 2.27. The van der Waals surface area contributed by atoms with E-state index in [1.165, 1.54) is 0 Å². The Morgan fingerprint density at radius 3 is 1.45 bits per heavy atom. The standard InChI is InChI=1S/C30H30N6O2/c37-29(18-21-8-3-1-4-9-21)31-27-16-14-25(33-35-27)23-12-7-13-24(20-23)26-15-17-28(36-34-26)32-30(38)19-22-10-5-2-6-11-22/h1-6,8-11,14-17,23-24H,7,12-13,18-20H2,(H,31,35,37)(H,32,36,38)/t23-,24-/m1/s1. The van der Waals surface area contributed by atoms with Crippen LogP contribution < -0.4 is 10.6 Å². The van der Waals surface area contributed by atoms with Crippen molar-refractivity contribution in [1.29, 1.82) is 0 Å². The monoisotopic (exact) mass is 506 g/mol. The van der Waals surface area contributed by atoms with E-state index in [0.717, 1.165) is 48.2 Å². The summed E-state index contributed by atoms with van der Waals surface area (Å²) >= 11 is 0. The van der Waals surface area contributed by atoms with E-state index in [9.17, 15) is 9.59 Å². The Labute approximate surface area is 221 Å². The van der Waals surface area contributed by atoms with Crippen molar-refractivity contribution in [3.05, 3.63) is 107 Å². The van der Waals surface area contributed by atoms with Crippen LogP contribution in [0.5, 0.6) is 0 Å². The molecule has 0 unspecified atom stereocenters. The van der Waals surface area contributed by atoms with E-state index in [2.05, 4.69) is 31.0 Å². The van der Waals surface area contributed by atoms with Gasteiger partial charge in [0.1, 0.15) is 0 Å². The predicted octanol–water partition coefficient (Wildman–Crippen LogP) is 5.07. The Balaban J connectivity index is 1.14. The van der Waals surface area contributed by atoms with Crippen LogP contribution in [0.15, 0.2) is 84.9 Å². The molecule has 0 spiro atoms. The van der Waals surface area contributed by atoms with Crippen molar-refractivity contribution in [2.75, 3.05) is 10.6 Å². The number of hydrogen-bond acceptors (Lipinski definition) is 6. The van der Waals surface area contributed by atoms with Gasteiger partial charge in [0.15, 0.2) is 11.6 Å². The third-order valence-electron chi connectivity index (χ3n) is 6.83. The molecule has 2 aromatic heterocycles. The van der Waals surface area contributed by atoms with Gasteiger partial charge in [0.25, 0.3) is 0 Å². The van der Waals surface area contributed by atoms with E-state index < -0.39 is 0 Å². The van der Waals surface area contributed by atoms with E-state index in [1.807, 2.05) is 84.9 Å². The number of carbonyl (C=O) groups excluding carboxylic acids is 2. The average Bonchev–Trinajstić information content (AvgIpc) is 2.95. The highest BCUT2D eigenvalue weighted by atomic mass is 16.2. The van der Waals surface area contributed by atoms with Gasteiger partial charge in [-0.1, -0.05) is 67.1 Å². The number of amides is 2. The molecule has 8 heteroatoms. The number of carbonyl (C=O) groups is 2. The molecule has 4 aromatic rings. The number of anilines is 2. The van der Waals surface area contributed by atoms with Gasteiger partial charge in [-0.2, -0.15) is 10.2 Å². The minimum absolute atomic E-state index is 0.116. The van der Waals surface area contributed by atoms with Crippen LogP contribution in [0.2, 0.25) is 0 Å². The van der Waals surface area contributed by atoms with Gasteiger partial charge in [0, 0.05) is 11.8 Å². The van der Waals surface area contributed by atoms with E-state index >= 15 is 0 Å². The Bertz CT molecular complexity index is 1240. The maximum absolute atomic E-state index is 12.3. The van der Waals surface area contributed by atoms with Crippen molar-refractivity contribution in [2.45, 2.75) is 50.4 Å². The van der Waals surface area contributed by atoms with Crippen LogP contribution in [-0.2, 0) is 22.4 Å². The molecule has 2 heterocycles. The SMILES string of the molecule is O=C(Cc1ccccc1)Nc1ccc([C@@H]2CCC[C@@H](c3ccc(NC(=O)Cc4ccccc4)nn3)C2)nn1. The molecule has 1 saturated carbocycles. The smallest absolute Gasteiger partial charge is 0.229 e. The van der Waals surface area contributed by atoms with Gasteiger partial charge in [-0.15, -0.1) is 10.2 Å². The van der Waals surface area contributed by atoms with Crippen LogP contribution >= 0.6 is 0 Å². The predicted molar refractivity (Wildman–Crippen MR) is 146 cm³/mol. The highest BCUT2D eigenvalue weighted by molar-refractivity contribution is 5.91. The van der Waals surface area contributed by atoms with E-state index in [-0.39, 0.29) is 23.7 Å². The van der Waals surface area contributed by atoms with Gasteiger partial charge in [-0.05, 0) is 54.7 Å². The second-order valence-electron chi connectivity index (χ2n) is 9.67. The van der Waals surface area contributed by atoms with Gasteiger partial charge < -0.3 is 10.6 Å². The summed E-state index contributed by atoms with van der Waals surface area (Å²) in [5, 5.41) is 23.0. The molecule has 38 heavy (non-hydrogen) atoms. The fourth-order valence-electron chi connectivity index (χ4n) is 4.92. The topological polar surface area (TPSA) is 110 Å². The molecular weight excluding hydrogens is 476 g/mol. The maximum atomic E-state index is 12.3. The molecule has 0 saturated heterocycles. The zero-order valence-corrected chi connectivity index (χ0v) is 21.1. The molecule has 2 N–H and O–H groups in total. The number of nitrogens with zero attached hydrogens (tertiary/aromatic N) is 4. The molecule has 192 valence electrons. The maximum Gasteiger partial charge on any atom is 0.229 e. The van der Waals surface area contributed by atoms with Crippen molar-refractivity contribution < 1.29 is 9.59 Å². The summed E-state index contributed by atoms with van der Waals surface area (Å²) in [5.74, 6) is 1.21. The lowest BCUT2D eigenvalue weighted by Crippen LogP contribution is -2.18. The van der Waals surface area contributed by atoms with Crippen LogP contribution in [0.1, 0.15) is 60.0 Å². The van der Waals surface area contributed by atoms with Gasteiger partial charge in [0.05, 0.1) is 24.2 Å². The summed E-state index contributed by atoms with van der Waals surface area (Å²) < 4.78 is 0. The van der Waals surface area contributed by atoms with Gasteiger partial charge in [-0.3, -0.25) is 9.59 Å². The number of rotatable bonds is 8. The zero-order valence-electron chi connectivity index (χ0n) is 21.1. The van der Waals surface area contributed by atoms with Crippen LogP contribution in [0, 0.1) is 0 Å². The molecule has 8 nitrogen and oxygen atoms in total. The van der Waals surface area contributed by atoms with E-state index in [4.69, 9.17) is 0 Å². The van der Waals surface area contributed by atoms with Gasteiger partial charge >= 0.3 is 0 Å². The highest BCUT2D eigenvalue weighted by Crippen LogP contribution is 2.40. The lowest BCUT2D eigenvalue weighted by Gasteiger charge is -2.28. The molecule has 0 bridgehead atoms. The molecule has 0 aliphatic heterocycles. The van der Waals surface area contributed by atoms with Gasteiger partial charge in [0.2, 0.25) is 11.8 Å². The van der Waals surface area contributed by atoms with Crippen molar-refractivity contribution in [1.82, 2.24) is 20.4 Å². The third kappa shape index (κ3) is 6.85. The zero-order chi connectivity index (χ0) is 26.2. The normalized spacial score (nSPS) is 16.9. The molecule has 5 rings (SSSR count). The Hall–Kier alpha value is -4.46. The van der Waals surface area contributed by atoms with E-state index in [0.29, 0.717) is 24.5 Å².